The number of likely N-dealkylation sites (tertiary alicyclic amines) is 1. The Bertz CT molecular complexity index is 640. The van der Waals surface area contributed by atoms with Gasteiger partial charge < -0.3 is 15.4 Å². The van der Waals surface area contributed by atoms with Crippen molar-refractivity contribution in [2.45, 2.75) is 18.9 Å². The number of amides is 1. The summed E-state index contributed by atoms with van der Waals surface area (Å²) in [7, 11) is 1.54. The zero-order valence-corrected chi connectivity index (χ0v) is 12.7. The molecule has 0 bridgehead atoms. The molecule has 1 aliphatic heterocycles. The number of carbonyl (C=O) groups excluding carboxylic acids is 1. The van der Waals surface area contributed by atoms with Crippen LogP contribution in [0, 0.1) is 0 Å². The molecule has 1 aromatic heterocycles. The van der Waals surface area contributed by atoms with Gasteiger partial charge >= 0.3 is 0 Å². The minimum absolute atomic E-state index is 0.00662. The van der Waals surface area contributed by atoms with E-state index in [2.05, 4.69) is 16.8 Å². The number of carbonyl (C=O) groups is 1. The maximum atomic E-state index is 12.9. The average Bonchev–Trinajstić information content (AvgIpc) is 3.16. The Kier molecular flexibility index (Phi) is 3.84. The third-order valence-electron chi connectivity index (χ3n) is 3.92. The van der Waals surface area contributed by atoms with Gasteiger partial charge in [0.15, 0.2) is 5.75 Å². The average molecular weight is 302 g/mol. The molecule has 0 radical (unpaired) electrons. The molecule has 3 rings (SSSR count). The first-order valence-electron chi connectivity index (χ1n) is 6.98. The number of nitrogens with two attached hydrogens (primary N) is 1. The first-order valence-corrected chi connectivity index (χ1v) is 7.92. The van der Waals surface area contributed by atoms with E-state index < -0.39 is 0 Å². The molecular weight excluding hydrogens is 284 g/mol. The van der Waals surface area contributed by atoms with E-state index in [4.69, 9.17) is 10.5 Å². The van der Waals surface area contributed by atoms with Crippen molar-refractivity contribution in [2.24, 2.45) is 0 Å². The van der Waals surface area contributed by atoms with Gasteiger partial charge in [0, 0.05) is 6.54 Å². The van der Waals surface area contributed by atoms with Crippen molar-refractivity contribution in [1.82, 2.24) is 4.90 Å². The number of nitrogen functional groups attached to an aromatic ring is 1. The van der Waals surface area contributed by atoms with Gasteiger partial charge in [0.2, 0.25) is 0 Å². The third kappa shape index (κ3) is 2.49. The summed E-state index contributed by atoms with van der Waals surface area (Å²) < 4.78 is 5.31. The van der Waals surface area contributed by atoms with Gasteiger partial charge in [-0.05, 0) is 47.4 Å². The molecule has 5 heteroatoms. The Morgan fingerprint density at radius 1 is 1.43 bits per heavy atom. The minimum atomic E-state index is -0.00662. The number of hydrogen-bond acceptors (Lipinski definition) is 4. The van der Waals surface area contributed by atoms with E-state index in [9.17, 15) is 4.79 Å². The fraction of sp³-hybridized carbons (Fsp3) is 0.312. The molecule has 1 saturated heterocycles. The lowest BCUT2D eigenvalue weighted by molar-refractivity contribution is 0.0732. The molecular formula is C16H18N2O2S. The van der Waals surface area contributed by atoms with E-state index in [1.807, 2.05) is 4.90 Å². The number of thiophene rings is 1. The number of anilines is 1. The molecule has 0 aliphatic carbocycles. The number of ether oxygens (including phenoxy) is 1. The zero-order valence-electron chi connectivity index (χ0n) is 11.9. The second kappa shape index (κ2) is 5.77. The lowest BCUT2D eigenvalue weighted by Gasteiger charge is -2.25. The van der Waals surface area contributed by atoms with Crippen molar-refractivity contribution < 1.29 is 9.53 Å². The van der Waals surface area contributed by atoms with Gasteiger partial charge in [-0.25, -0.2) is 0 Å². The zero-order chi connectivity index (χ0) is 14.8. The summed E-state index contributed by atoms with van der Waals surface area (Å²) in [6.07, 6.45) is 2.03. The molecule has 2 aromatic rings. The lowest BCUT2D eigenvalue weighted by Crippen LogP contribution is -2.30. The molecule has 1 aliphatic rings. The maximum absolute atomic E-state index is 12.9. The molecule has 1 unspecified atom stereocenters. The largest absolute Gasteiger partial charge is 0.494 e. The number of rotatable bonds is 3. The van der Waals surface area contributed by atoms with E-state index in [1.165, 1.54) is 5.56 Å². The molecule has 1 atom stereocenters. The van der Waals surface area contributed by atoms with Crippen LogP contribution in [0.2, 0.25) is 0 Å². The van der Waals surface area contributed by atoms with Crippen LogP contribution >= 0.6 is 11.3 Å². The minimum Gasteiger partial charge on any atom is -0.494 e. The topological polar surface area (TPSA) is 55.6 Å². The SMILES string of the molecule is COc1c(N)cccc1C(=O)N1CCCC1c1ccsc1. The standard InChI is InChI=1S/C16H18N2O2S/c1-20-15-12(4-2-5-13(15)17)16(19)18-8-3-6-14(18)11-7-9-21-10-11/h2,4-5,7,9-10,14H,3,6,8,17H2,1H3. The summed E-state index contributed by atoms with van der Waals surface area (Å²) >= 11 is 1.66. The summed E-state index contributed by atoms with van der Waals surface area (Å²) in [5.74, 6) is 0.464. The molecule has 2 heterocycles. The van der Waals surface area contributed by atoms with Gasteiger partial charge in [0.25, 0.3) is 5.91 Å². The van der Waals surface area contributed by atoms with Crippen LogP contribution in [0.25, 0.3) is 0 Å². The van der Waals surface area contributed by atoms with Gasteiger partial charge in [0.1, 0.15) is 0 Å². The second-order valence-corrected chi connectivity index (χ2v) is 5.92. The van der Waals surface area contributed by atoms with Crippen molar-refractivity contribution in [3.8, 4) is 5.75 Å². The van der Waals surface area contributed by atoms with E-state index >= 15 is 0 Å². The lowest BCUT2D eigenvalue weighted by atomic mass is 10.1. The predicted octanol–water partition coefficient (Wildman–Crippen LogP) is 3.32. The highest BCUT2D eigenvalue weighted by atomic mass is 32.1. The Balaban J connectivity index is 1.93. The maximum Gasteiger partial charge on any atom is 0.258 e. The highest BCUT2D eigenvalue weighted by Gasteiger charge is 2.32. The van der Waals surface area contributed by atoms with Gasteiger partial charge in [-0.3, -0.25) is 4.79 Å². The Morgan fingerprint density at radius 2 is 2.29 bits per heavy atom. The molecule has 110 valence electrons. The summed E-state index contributed by atoms with van der Waals surface area (Å²) in [5.41, 5.74) is 8.16. The summed E-state index contributed by atoms with van der Waals surface area (Å²) in [6.45, 7) is 0.775. The van der Waals surface area contributed by atoms with Gasteiger partial charge in [0.05, 0.1) is 24.4 Å². The van der Waals surface area contributed by atoms with Crippen LogP contribution in [0.1, 0.15) is 34.8 Å². The molecule has 1 fully saturated rings. The van der Waals surface area contributed by atoms with E-state index in [-0.39, 0.29) is 11.9 Å². The fourth-order valence-corrected chi connectivity index (χ4v) is 3.63. The van der Waals surface area contributed by atoms with Crippen molar-refractivity contribution >= 4 is 22.9 Å². The number of hydrogen-bond donors (Lipinski definition) is 1. The van der Waals surface area contributed by atoms with E-state index in [0.29, 0.717) is 17.0 Å². The number of methoxy groups -OCH3 is 1. The Labute approximate surface area is 128 Å². The predicted molar refractivity (Wildman–Crippen MR) is 84.7 cm³/mol. The second-order valence-electron chi connectivity index (χ2n) is 5.14. The molecule has 1 aromatic carbocycles. The van der Waals surface area contributed by atoms with Crippen molar-refractivity contribution in [3.05, 3.63) is 46.2 Å². The van der Waals surface area contributed by atoms with Crippen LogP contribution in [-0.4, -0.2) is 24.5 Å². The third-order valence-corrected chi connectivity index (χ3v) is 4.62. The molecule has 2 N–H and O–H groups in total. The number of para-hydroxylation sites is 1. The summed E-state index contributed by atoms with van der Waals surface area (Å²) in [6, 6.07) is 7.57. The van der Waals surface area contributed by atoms with Gasteiger partial charge in [-0.2, -0.15) is 11.3 Å². The van der Waals surface area contributed by atoms with Crippen molar-refractivity contribution in [3.63, 3.8) is 0 Å². The van der Waals surface area contributed by atoms with Gasteiger partial charge in [-0.1, -0.05) is 6.07 Å². The van der Waals surface area contributed by atoms with Crippen LogP contribution in [0.3, 0.4) is 0 Å². The molecule has 0 saturated carbocycles. The summed E-state index contributed by atoms with van der Waals surface area (Å²) in [4.78, 5) is 14.8. The highest BCUT2D eigenvalue weighted by molar-refractivity contribution is 7.08. The van der Waals surface area contributed by atoms with Crippen LogP contribution in [-0.2, 0) is 0 Å². The molecule has 0 spiro atoms. The molecule has 4 nitrogen and oxygen atoms in total. The normalized spacial score (nSPS) is 18.0. The first-order chi connectivity index (χ1) is 10.2. The molecule has 1 amide bonds. The van der Waals surface area contributed by atoms with Crippen LogP contribution in [0.15, 0.2) is 35.0 Å². The van der Waals surface area contributed by atoms with Crippen LogP contribution in [0.5, 0.6) is 5.75 Å². The van der Waals surface area contributed by atoms with E-state index in [1.54, 1.807) is 36.6 Å². The van der Waals surface area contributed by atoms with Gasteiger partial charge in [-0.15, -0.1) is 0 Å². The van der Waals surface area contributed by atoms with Crippen LogP contribution in [0.4, 0.5) is 5.69 Å². The monoisotopic (exact) mass is 302 g/mol. The quantitative estimate of drug-likeness (QED) is 0.885. The van der Waals surface area contributed by atoms with Crippen molar-refractivity contribution in [2.75, 3.05) is 19.4 Å². The first kappa shape index (κ1) is 13.9. The summed E-state index contributed by atoms with van der Waals surface area (Å²) in [5, 5.41) is 4.17. The van der Waals surface area contributed by atoms with Crippen molar-refractivity contribution in [1.29, 1.82) is 0 Å². The number of nitrogens with zero attached hydrogens (tertiary/aromatic N) is 1. The Hall–Kier alpha value is -2.01. The molecule has 21 heavy (non-hydrogen) atoms. The fourth-order valence-electron chi connectivity index (χ4n) is 2.93. The Morgan fingerprint density at radius 3 is 3.00 bits per heavy atom. The number of benzene rings is 1. The highest BCUT2D eigenvalue weighted by Crippen LogP contribution is 2.36. The smallest absolute Gasteiger partial charge is 0.258 e. The van der Waals surface area contributed by atoms with E-state index in [0.717, 1.165) is 19.4 Å². The van der Waals surface area contributed by atoms with Crippen LogP contribution < -0.4 is 10.5 Å².